The summed E-state index contributed by atoms with van der Waals surface area (Å²) in [6.45, 7) is 1.22. The Hall–Kier alpha value is -1.07. The second kappa shape index (κ2) is 4.43. The molecule has 4 nitrogen and oxygen atoms in total. The third kappa shape index (κ3) is 2.20. The zero-order chi connectivity index (χ0) is 11.7. The quantitative estimate of drug-likeness (QED) is 0.818. The van der Waals surface area contributed by atoms with Crippen LogP contribution in [0.3, 0.4) is 0 Å². The van der Waals surface area contributed by atoms with Crippen LogP contribution in [0, 0.1) is 0 Å². The molecule has 5 heteroatoms. The van der Waals surface area contributed by atoms with Crippen molar-refractivity contribution in [2.45, 2.75) is 12.5 Å². The number of carbonyl (C=O) groups is 1. The lowest BCUT2D eigenvalue weighted by molar-refractivity contribution is 0.0788. The Morgan fingerprint density at radius 1 is 1.56 bits per heavy atom. The molecular weight excluding hydrogens is 272 g/mol. The van der Waals surface area contributed by atoms with Crippen molar-refractivity contribution in [2.75, 3.05) is 13.1 Å². The summed E-state index contributed by atoms with van der Waals surface area (Å²) in [5.74, 6) is -0.152. The first-order valence-electron chi connectivity index (χ1n) is 5.11. The molecule has 1 aliphatic heterocycles. The van der Waals surface area contributed by atoms with Gasteiger partial charge in [0.25, 0.3) is 5.91 Å². The van der Waals surface area contributed by atoms with Crippen LogP contribution in [0.25, 0.3) is 0 Å². The van der Waals surface area contributed by atoms with Gasteiger partial charge in [-0.3, -0.25) is 4.79 Å². The summed E-state index contributed by atoms with van der Waals surface area (Å²) in [5.41, 5.74) is 6.07. The first-order chi connectivity index (χ1) is 7.58. The fraction of sp³-hybridized carbons (Fsp3) is 0.364. The Morgan fingerprint density at radius 3 is 2.94 bits per heavy atom. The number of halogens is 1. The molecule has 1 amide bonds. The molecule has 0 spiro atoms. The van der Waals surface area contributed by atoms with E-state index in [4.69, 9.17) is 5.73 Å². The highest BCUT2D eigenvalue weighted by atomic mass is 79.9. The van der Waals surface area contributed by atoms with Crippen molar-refractivity contribution in [2.24, 2.45) is 5.73 Å². The monoisotopic (exact) mass is 284 g/mol. The number of nitrogens with zero attached hydrogens (tertiary/aromatic N) is 1. The van der Waals surface area contributed by atoms with Crippen LogP contribution < -0.4 is 5.73 Å². The molecule has 1 saturated heterocycles. The van der Waals surface area contributed by atoms with Crippen LogP contribution in [0.15, 0.2) is 22.7 Å². The Kier molecular flexibility index (Phi) is 3.16. The van der Waals surface area contributed by atoms with Gasteiger partial charge in [0.1, 0.15) is 5.75 Å². The number of amides is 1. The van der Waals surface area contributed by atoms with E-state index >= 15 is 0 Å². The number of aromatic hydroxyl groups is 1. The van der Waals surface area contributed by atoms with E-state index in [0.29, 0.717) is 18.7 Å². The lowest BCUT2D eigenvalue weighted by Crippen LogP contribution is -2.31. The van der Waals surface area contributed by atoms with E-state index in [1.54, 1.807) is 17.0 Å². The lowest BCUT2D eigenvalue weighted by atomic mass is 10.2. The summed E-state index contributed by atoms with van der Waals surface area (Å²) in [6.07, 6.45) is 0.820. The molecule has 0 aromatic heterocycles. The van der Waals surface area contributed by atoms with Gasteiger partial charge >= 0.3 is 0 Å². The highest BCUT2D eigenvalue weighted by Crippen LogP contribution is 2.24. The van der Waals surface area contributed by atoms with Gasteiger partial charge in [0.2, 0.25) is 0 Å². The van der Waals surface area contributed by atoms with E-state index < -0.39 is 0 Å². The van der Waals surface area contributed by atoms with Gasteiger partial charge in [-0.05, 0) is 24.6 Å². The second-order valence-electron chi connectivity index (χ2n) is 3.96. The third-order valence-electron chi connectivity index (χ3n) is 2.70. The van der Waals surface area contributed by atoms with Crippen LogP contribution in [0.2, 0.25) is 0 Å². The Balaban J connectivity index is 2.23. The minimum absolute atomic E-state index is 0.00803. The van der Waals surface area contributed by atoms with Crippen molar-refractivity contribution >= 4 is 21.8 Å². The van der Waals surface area contributed by atoms with Gasteiger partial charge in [-0.25, -0.2) is 0 Å². The zero-order valence-electron chi connectivity index (χ0n) is 8.69. The van der Waals surface area contributed by atoms with Crippen molar-refractivity contribution in [1.29, 1.82) is 0 Å². The lowest BCUT2D eigenvalue weighted by Gasteiger charge is -2.16. The maximum Gasteiger partial charge on any atom is 0.257 e. The summed E-state index contributed by atoms with van der Waals surface area (Å²) >= 11 is 3.28. The Morgan fingerprint density at radius 2 is 2.31 bits per heavy atom. The Bertz CT molecular complexity index is 422. The van der Waals surface area contributed by atoms with Crippen molar-refractivity contribution < 1.29 is 9.90 Å². The first-order valence-corrected chi connectivity index (χ1v) is 5.90. The van der Waals surface area contributed by atoms with Crippen molar-refractivity contribution in [3.63, 3.8) is 0 Å². The number of phenols is 1. The number of hydrogen-bond donors (Lipinski definition) is 2. The average molecular weight is 285 g/mol. The van der Waals surface area contributed by atoms with Crippen LogP contribution in [0.4, 0.5) is 0 Å². The summed E-state index contributed by atoms with van der Waals surface area (Å²) in [7, 11) is 0. The molecule has 0 radical (unpaired) electrons. The second-order valence-corrected chi connectivity index (χ2v) is 4.88. The van der Waals surface area contributed by atoms with Crippen LogP contribution in [-0.2, 0) is 0 Å². The van der Waals surface area contributed by atoms with Crippen LogP contribution >= 0.6 is 15.9 Å². The van der Waals surface area contributed by atoms with Gasteiger partial charge in [0, 0.05) is 23.6 Å². The third-order valence-corrected chi connectivity index (χ3v) is 3.19. The maximum absolute atomic E-state index is 12.1. The number of hydrogen-bond acceptors (Lipinski definition) is 3. The molecule has 16 heavy (non-hydrogen) atoms. The van der Waals surface area contributed by atoms with Crippen molar-refractivity contribution in [3.8, 4) is 5.75 Å². The van der Waals surface area contributed by atoms with E-state index in [1.165, 1.54) is 6.07 Å². The normalized spacial score (nSPS) is 20.1. The molecule has 1 atom stereocenters. The number of phenolic OH excluding ortho intramolecular Hbond substituents is 1. The molecule has 2 rings (SSSR count). The van der Waals surface area contributed by atoms with E-state index in [-0.39, 0.29) is 17.7 Å². The largest absolute Gasteiger partial charge is 0.507 e. The molecule has 3 N–H and O–H groups in total. The van der Waals surface area contributed by atoms with Gasteiger partial charge in [-0.1, -0.05) is 15.9 Å². The number of benzene rings is 1. The van der Waals surface area contributed by atoms with Crippen molar-refractivity contribution in [3.05, 3.63) is 28.2 Å². The van der Waals surface area contributed by atoms with Gasteiger partial charge in [-0.2, -0.15) is 0 Å². The number of nitrogens with two attached hydrogens (primary N) is 1. The SMILES string of the molecule is NC1CCN(C(=O)c2cc(Br)ccc2O)C1. The molecule has 0 bridgehead atoms. The van der Waals surface area contributed by atoms with Crippen LogP contribution in [0.5, 0.6) is 5.75 Å². The molecular formula is C11H13BrN2O2. The minimum atomic E-state index is -0.160. The smallest absolute Gasteiger partial charge is 0.257 e. The maximum atomic E-state index is 12.1. The fourth-order valence-corrected chi connectivity index (χ4v) is 2.18. The van der Waals surface area contributed by atoms with Gasteiger partial charge in [0.05, 0.1) is 5.56 Å². The van der Waals surface area contributed by atoms with E-state index in [1.807, 2.05) is 0 Å². The molecule has 0 saturated carbocycles. The minimum Gasteiger partial charge on any atom is -0.507 e. The predicted octanol–water partition coefficient (Wildman–Crippen LogP) is 1.33. The number of carbonyl (C=O) groups excluding carboxylic acids is 1. The molecule has 1 aromatic rings. The predicted molar refractivity (Wildman–Crippen MR) is 64.3 cm³/mol. The molecule has 86 valence electrons. The van der Waals surface area contributed by atoms with Crippen LogP contribution in [0.1, 0.15) is 16.8 Å². The molecule has 1 fully saturated rings. The van der Waals surface area contributed by atoms with Gasteiger partial charge in [-0.15, -0.1) is 0 Å². The molecule has 0 aliphatic carbocycles. The molecule has 1 heterocycles. The Labute approximate surface area is 102 Å². The number of rotatable bonds is 1. The highest BCUT2D eigenvalue weighted by Gasteiger charge is 2.26. The molecule has 1 aliphatic rings. The summed E-state index contributed by atoms with van der Waals surface area (Å²) in [4.78, 5) is 13.7. The first kappa shape index (κ1) is 11.4. The summed E-state index contributed by atoms with van der Waals surface area (Å²) < 4.78 is 0.775. The average Bonchev–Trinajstić information content (AvgIpc) is 2.67. The standard InChI is InChI=1S/C11H13BrN2O2/c12-7-1-2-10(15)9(5-7)11(16)14-4-3-8(13)6-14/h1-2,5,8,15H,3-4,6,13H2. The van der Waals surface area contributed by atoms with Gasteiger partial charge < -0.3 is 15.7 Å². The summed E-state index contributed by atoms with van der Waals surface area (Å²) in [5, 5.41) is 9.63. The van der Waals surface area contributed by atoms with Crippen molar-refractivity contribution in [1.82, 2.24) is 4.90 Å². The number of likely N-dealkylation sites (tertiary alicyclic amines) is 1. The highest BCUT2D eigenvalue weighted by molar-refractivity contribution is 9.10. The van der Waals surface area contributed by atoms with Crippen LogP contribution in [-0.4, -0.2) is 35.0 Å². The van der Waals surface area contributed by atoms with E-state index in [0.717, 1.165) is 10.9 Å². The molecule has 1 aromatic carbocycles. The topological polar surface area (TPSA) is 66.6 Å². The van der Waals surface area contributed by atoms with E-state index in [9.17, 15) is 9.90 Å². The molecule has 1 unspecified atom stereocenters. The van der Waals surface area contributed by atoms with Gasteiger partial charge in [0.15, 0.2) is 0 Å². The summed E-state index contributed by atoms with van der Waals surface area (Å²) in [6, 6.07) is 4.88. The zero-order valence-corrected chi connectivity index (χ0v) is 10.3. The van der Waals surface area contributed by atoms with E-state index in [2.05, 4.69) is 15.9 Å². The fourth-order valence-electron chi connectivity index (χ4n) is 1.82.